The van der Waals surface area contributed by atoms with E-state index in [1.54, 1.807) is 16.7 Å². The number of benzene rings is 1. The molecule has 0 bridgehead atoms. The van der Waals surface area contributed by atoms with Crippen molar-refractivity contribution in [1.82, 2.24) is 10.2 Å². The predicted octanol–water partition coefficient (Wildman–Crippen LogP) is 4.52. The van der Waals surface area contributed by atoms with Crippen LogP contribution in [0.2, 0.25) is 0 Å². The fourth-order valence-corrected chi connectivity index (χ4v) is 5.84. The number of anilines is 1. The maximum Gasteiger partial charge on any atom is 0.219 e. The molecule has 0 spiro atoms. The predicted molar refractivity (Wildman–Crippen MR) is 120 cm³/mol. The summed E-state index contributed by atoms with van der Waals surface area (Å²) >= 11 is 3.05. The summed E-state index contributed by atoms with van der Waals surface area (Å²) in [4.78, 5) is 14.9. The molecule has 30 heavy (non-hydrogen) atoms. The van der Waals surface area contributed by atoms with Crippen LogP contribution in [0.15, 0.2) is 51.3 Å². The highest BCUT2D eigenvalue weighted by atomic mass is 32.2. The first-order valence-corrected chi connectivity index (χ1v) is 11.9. The van der Waals surface area contributed by atoms with Crippen molar-refractivity contribution < 1.29 is 4.79 Å². The zero-order valence-electron chi connectivity index (χ0n) is 17.0. The smallest absolute Gasteiger partial charge is 0.219 e. The molecule has 4 rings (SSSR count). The number of rotatable bonds is 5. The maximum atomic E-state index is 13.1. The van der Waals surface area contributed by atoms with Gasteiger partial charge in [-0.2, -0.15) is 5.26 Å². The molecule has 2 heterocycles. The van der Waals surface area contributed by atoms with E-state index < -0.39 is 5.92 Å². The summed E-state index contributed by atoms with van der Waals surface area (Å²) in [6.07, 6.45) is 2.91. The first kappa shape index (κ1) is 20.6. The number of thioether (sulfide) groups is 1. The number of ketones is 1. The van der Waals surface area contributed by atoms with Gasteiger partial charge in [-0.1, -0.05) is 61.2 Å². The number of hydrogen-bond acceptors (Lipinski definition) is 8. The second-order valence-corrected chi connectivity index (χ2v) is 9.66. The van der Waals surface area contributed by atoms with Crippen LogP contribution < -0.4 is 10.6 Å². The van der Waals surface area contributed by atoms with Crippen molar-refractivity contribution in [1.29, 1.82) is 5.26 Å². The standard InChI is InChI=1S/C22H23N5OS2/c1-3-13-8-10-14(11-9-13)18-15(12-23)20(24)27(16-6-5-7-17(28)19(16)18)21-25-26-22(30-21)29-4-2/h8-11,18H,3-7,24H2,1-2H3. The Balaban J connectivity index is 1.88. The number of nitriles is 1. The molecule has 2 aliphatic rings. The second-order valence-electron chi connectivity index (χ2n) is 7.19. The second kappa shape index (κ2) is 8.62. The fourth-order valence-electron chi connectivity index (χ4n) is 4.06. The Morgan fingerprint density at radius 2 is 2.03 bits per heavy atom. The first-order chi connectivity index (χ1) is 14.6. The highest BCUT2D eigenvalue weighted by Gasteiger charge is 2.41. The quantitative estimate of drug-likeness (QED) is 0.687. The van der Waals surface area contributed by atoms with Gasteiger partial charge in [-0.3, -0.25) is 9.69 Å². The third kappa shape index (κ3) is 3.53. The maximum absolute atomic E-state index is 13.1. The van der Waals surface area contributed by atoms with Gasteiger partial charge in [0.05, 0.1) is 17.6 Å². The SMILES string of the molecule is CCSc1nnc(N2C(N)=C(C#N)C(c3ccc(CC)cc3)C3=C2CCCC3=O)s1. The summed E-state index contributed by atoms with van der Waals surface area (Å²) in [5.74, 6) is 0.891. The molecule has 1 aromatic heterocycles. The van der Waals surface area contributed by atoms with E-state index in [-0.39, 0.29) is 5.78 Å². The molecule has 0 saturated carbocycles. The van der Waals surface area contributed by atoms with Gasteiger partial charge in [0.1, 0.15) is 5.82 Å². The molecule has 1 unspecified atom stereocenters. The molecule has 1 aromatic carbocycles. The molecule has 2 N–H and O–H groups in total. The van der Waals surface area contributed by atoms with Crippen LogP contribution in [0.1, 0.15) is 50.2 Å². The largest absolute Gasteiger partial charge is 0.384 e. The zero-order valence-corrected chi connectivity index (χ0v) is 18.6. The van der Waals surface area contributed by atoms with Gasteiger partial charge >= 0.3 is 0 Å². The lowest BCUT2D eigenvalue weighted by atomic mass is 9.75. The number of Topliss-reactive ketones (excluding diaryl/α,β-unsaturated/α-hetero) is 1. The first-order valence-electron chi connectivity index (χ1n) is 10.1. The van der Waals surface area contributed by atoms with Crippen LogP contribution in [-0.4, -0.2) is 21.7 Å². The van der Waals surface area contributed by atoms with Crippen LogP contribution in [0.25, 0.3) is 0 Å². The van der Waals surface area contributed by atoms with Crippen molar-refractivity contribution in [3.63, 3.8) is 0 Å². The summed E-state index contributed by atoms with van der Waals surface area (Å²) in [5.41, 5.74) is 10.6. The summed E-state index contributed by atoms with van der Waals surface area (Å²) < 4.78 is 0.848. The molecule has 0 radical (unpaired) electrons. The van der Waals surface area contributed by atoms with Crippen molar-refractivity contribution in [2.24, 2.45) is 5.73 Å². The van der Waals surface area contributed by atoms with E-state index in [0.717, 1.165) is 40.6 Å². The zero-order chi connectivity index (χ0) is 21.3. The third-order valence-corrected chi connectivity index (χ3v) is 7.41. The van der Waals surface area contributed by atoms with E-state index in [4.69, 9.17) is 5.73 Å². The van der Waals surface area contributed by atoms with Crippen molar-refractivity contribution in [2.45, 2.75) is 49.8 Å². The molecule has 0 saturated heterocycles. The number of nitrogens with two attached hydrogens (primary N) is 1. The van der Waals surface area contributed by atoms with Gasteiger partial charge in [0.25, 0.3) is 0 Å². The number of carbonyl (C=O) groups excluding carboxylic acids is 1. The minimum Gasteiger partial charge on any atom is -0.384 e. The minimum absolute atomic E-state index is 0.0822. The molecular weight excluding hydrogens is 414 g/mol. The third-order valence-electron chi connectivity index (χ3n) is 5.49. The molecular formula is C22H23N5OS2. The highest BCUT2D eigenvalue weighted by Crippen LogP contribution is 2.47. The molecule has 2 aromatic rings. The lowest BCUT2D eigenvalue weighted by Gasteiger charge is -2.38. The monoisotopic (exact) mass is 437 g/mol. The Labute approximate surface area is 184 Å². The molecule has 1 aliphatic carbocycles. The van der Waals surface area contributed by atoms with E-state index in [2.05, 4.69) is 42.2 Å². The van der Waals surface area contributed by atoms with Crippen molar-refractivity contribution in [3.05, 3.63) is 58.1 Å². The lowest BCUT2D eigenvalue weighted by molar-refractivity contribution is -0.116. The Kier molecular flexibility index (Phi) is 5.93. The Bertz CT molecular complexity index is 1080. The van der Waals surface area contributed by atoms with Crippen molar-refractivity contribution in [2.75, 3.05) is 10.7 Å². The van der Waals surface area contributed by atoms with E-state index in [9.17, 15) is 10.1 Å². The Morgan fingerprint density at radius 3 is 2.70 bits per heavy atom. The van der Waals surface area contributed by atoms with Crippen LogP contribution in [0.4, 0.5) is 5.13 Å². The fraction of sp³-hybridized carbons (Fsp3) is 0.364. The molecule has 0 amide bonds. The van der Waals surface area contributed by atoms with Gasteiger partial charge in [-0.05, 0) is 36.1 Å². The summed E-state index contributed by atoms with van der Waals surface area (Å²) in [6.45, 7) is 4.16. The van der Waals surface area contributed by atoms with Crippen molar-refractivity contribution in [3.8, 4) is 6.07 Å². The number of aryl methyl sites for hydroxylation is 1. The summed E-state index contributed by atoms with van der Waals surface area (Å²) in [5, 5.41) is 19.2. The lowest BCUT2D eigenvalue weighted by Crippen LogP contribution is -2.38. The molecule has 1 atom stereocenters. The van der Waals surface area contributed by atoms with Gasteiger partial charge in [0, 0.05) is 17.7 Å². The average molecular weight is 438 g/mol. The molecule has 1 aliphatic heterocycles. The summed E-state index contributed by atoms with van der Waals surface area (Å²) in [7, 11) is 0. The topological polar surface area (TPSA) is 95.9 Å². The normalized spacial score (nSPS) is 19.2. The number of aromatic nitrogens is 2. The number of carbonyl (C=O) groups is 1. The van der Waals surface area contributed by atoms with E-state index >= 15 is 0 Å². The van der Waals surface area contributed by atoms with E-state index in [1.165, 1.54) is 16.9 Å². The minimum atomic E-state index is -0.433. The van der Waals surface area contributed by atoms with Gasteiger partial charge in [0.2, 0.25) is 5.13 Å². The number of allylic oxidation sites excluding steroid dienone is 3. The van der Waals surface area contributed by atoms with Gasteiger partial charge < -0.3 is 5.73 Å². The van der Waals surface area contributed by atoms with Crippen molar-refractivity contribution >= 4 is 34.0 Å². The van der Waals surface area contributed by atoms with Crippen LogP contribution in [-0.2, 0) is 11.2 Å². The summed E-state index contributed by atoms with van der Waals surface area (Å²) in [6, 6.07) is 10.4. The molecule has 154 valence electrons. The van der Waals surface area contributed by atoms with Crippen LogP contribution in [0.3, 0.4) is 0 Å². The van der Waals surface area contributed by atoms with Gasteiger partial charge in [0.15, 0.2) is 10.1 Å². The van der Waals surface area contributed by atoms with Crippen LogP contribution in [0, 0.1) is 11.3 Å². The van der Waals surface area contributed by atoms with Gasteiger partial charge in [-0.25, -0.2) is 0 Å². The van der Waals surface area contributed by atoms with Crippen LogP contribution in [0.5, 0.6) is 0 Å². The number of nitrogens with zero attached hydrogens (tertiary/aromatic N) is 4. The Morgan fingerprint density at radius 1 is 1.27 bits per heavy atom. The Hall–Kier alpha value is -2.63. The highest BCUT2D eigenvalue weighted by molar-refractivity contribution is 8.01. The van der Waals surface area contributed by atoms with E-state index in [1.807, 2.05) is 12.1 Å². The molecule has 6 nitrogen and oxygen atoms in total. The van der Waals surface area contributed by atoms with E-state index in [0.29, 0.717) is 28.5 Å². The molecule has 0 fully saturated rings. The van der Waals surface area contributed by atoms with Crippen LogP contribution >= 0.6 is 23.1 Å². The number of hydrogen-bond donors (Lipinski definition) is 1. The van der Waals surface area contributed by atoms with Gasteiger partial charge in [-0.15, -0.1) is 10.2 Å². The molecule has 8 heteroatoms. The average Bonchev–Trinajstić information content (AvgIpc) is 3.21.